The molecule has 0 amide bonds. The van der Waals surface area contributed by atoms with Crippen molar-refractivity contribution in [1.82, 2.24) is 0 Å². The van der Waals surface area contributed by atoms with Crippen molar-refractivity contribution in [3.8, 4) is 5.75 Å². The van der Waals surface area contributed by atoms with Gasteiger partial charge in [-0.3, -0.25) is 4.79 Å². The van der Waals surface area contributed by atoms with Crippen LogP contribution in [0.3, 0.4) is 0 Å². The van der Waals surface area contributed by atoms with Crippen molar-refractivity contribution in [3.63, 3.8) is 0 Å². The first-order valence-electron chi connectivity index (χ1n) is 5.59. The summed E-state index contributed by atoms with van der Waals surface area (Å²) in [5, 5.41) is 8.48. The molecule has 0 aromatic heterocycles. The molecule has 4 heteroatoms. The first-order chi connectivity index (χ1) is 8.79. The maximum absolute atomic E-state index is 11.9. The zero-order valence-electron chi connectivity index (χ0n) is 9.74. The summed E-state index contributed by atoms with van der Waals surface area (Å²) in [6.45, 7) is 0. The van der Waals surface area contributed by atoms with Gasteiger partial charge in [0.1, 0.15) is 0 Å². The lowest BCUT2D eigenvalue weighted by Crippen LogP contribution is -2.03. The molecule has 0 atom stereocenters. The van der Waals surface area contributed by atoms with Crippen LogP contribution in [-0.4, -0.2) is 18.5 Å². The second-order valence-corrected chi connectivity index (χ2v) is 3.83. The lowest BCUT2D eigenvalue weighted by atomic mass is 10.0. The number of ketones is 1. The van der Waals surface area contributed by atoms with Gasteiger partial charge in [-0.05, 0) is 17.7 Å². The van der Waals surface area contributed by atoms with Crippen molar-refractivity contribution >= 4 is 13.5 Å². The molecule has 2 aromatic carbocycles. The molecule has 0 heterocycles. The Bertz CT molecular complexity index is 508. The van der Waals surface area contributed by atoms with Crippen LogP contribution in [0.15, 0.2) is 54.6 Å². The highest BCUT2D eigenvalue weighted by molar-refractivity contribution is 6.17. The van der Waals surface area contributed by atoms with Gasteiger partial charge in [0.25, 0.3) is 0 Å². The molecule has 0 aliphatic heterocycles. The molecule has 2 rings (SSSR count). The molecule has 0 aliphatic rings. The predicted molar refractivity (Wildman–Crippen MR) is 69.5 cm³/mol. The first-order valence-corrected chi connectivity index (χ1v) is 5.59. The number of hydrogen-bond donors (Lipinski definition) is 1. The van der Waals surface area contributed by atoms with Crippen LogP contribution in [0.25, 0.3) is 0 Å². The predicted octanol–water partition coefficient (Wildman–Crippen LogP) is 2.02. The first kappa shape index (κ1) is 12.4. The summed E-state index contributed by atoms with van der Waals surface area (Å²) in [6.07, 6.45) is 0.354. The fourth-order valence-electron chi connectivity index (χ4n) is 1.66. The van der Waals surface area contributed by atoms with Crippen LogP contribution in [0.5, 0.6) is 5.75 Å². The topological polar surface area (TPSA) is 46.5 Å². The second-order valence-electron chi connectivity index (χ2n) is 3.83. The summed E-state index contributed by atoms with van der Waals surface area (Å²) >= 11 is 0. The third kappa shape index (κ3) is 3.21. The van der Waals surface area contributed by atoms with Crippen LogP contribution < -0.4 is 4.65 Å². The van der Waals surface area contributed by atoms with Gasteiger partial charge in [0.15, 0.2) is 5.78 Å². The van der Waals surface area contributed by atoms with E-state index in [1.807, 2.05) is 18.2 Å². The Hall–Kier alpha value is -2.07. The van der Waals surface area contributed by atoms with Crippen LogP contribution >= 0.6 is 0 Å². The van der Waals surface area contributed by atoms with Gasteiger partial charge in [0.05, 0.1) is 5.75 Å². The average Bonchev–Trinajstić information content (AvgIpc) is 2.42. The Balaban J connectivity index is 2.03. The van der Waals surface area contributed by atoms with Gasteiger partial charge in [0, 0.05) is 12.0 Å². The van der Waals surface area contributed by atoms with Crippen LogP contribution in [0.4, 0.5) is 0 Å². The van der Waals surface area contributed by atoms with E-state index in [1.54, 1.807) is 36.4 Å². The maximum atomic E-state index is 11.9. The summed E-state index contributed by atoms with van der Waals surface area (Å²) in [4.78, 5) is 11.9. The minimum absolute atomic E-state index is 0.0815. The maximum Gasteiger partial charge on any atom is 0.569 e. The van der Waals surface area contributed by atoms with Crippen molar-refractivity contribution in [3.05, 3.63) is 65.7 Å². The molecule has 0 saturated heterocycles. The number of rotatable bonds is 5. The summed E-state index contributed by atoms with van der Waals surface area (Å²) in [5.41, 5.74) is 1.62. The Kier molecular flexibility index (Phi) is 4.15. The minimum atomic E-state index is 0.0815. The highest BCUT2D eigenvalue weighted by Gasteiger charge is 2.06. The van der Waals surface area contributed by atoms with E-state index in [4.69, 9.17) is 9.68 Å². The molecule has 0 bridgehead atoms. The van der Waals surface area contributed by atoms with Gasteiger partial charge in [0.2, 0.25) is 0 Å². The van der Waals surface area contributed by atoms with E-state index in [-0.39, 0.29) is 5.78 Å². The molecule has 0 saturated carbocycles. The van der Waals surface area contributed by atoms with Crippen molar-refractivity contribution in [2.75, 3.05) is 0 Å². The van der Waals surface area contributed by atoms with Gasteiger partial charge in [-0.15, -0.1) is 0 Å². The molecule has 1 N–H and O–H groups in total. The summed E-state index contributed by atoms with van der Waals surface area (Å²) < 4.78 is 4.80. The summed E-state index contributed by atoms with van der Waals surface area (Å²) in [6, 6.07) is 16.2. The quantitative estimate of drug-likeness (QED) is 0.641. The normalized spacial score (nSPS) is 9.83. The fourth-order valence-corrected chi connectivity index (χ4v) is 1.66. The smallest absolute Gasteiger partial charge is 0.537 e. The fraction of sp³-hybridized carbons (Fsp3) is 0.0714. The average molecular weight is 239 g/mol. The van der Waals surface area contributed by atoms with Crippen molar-refractivity contribution < 1.29 is 14.5 Å². The third-order valence-corrected chi connectivity index (χ3v) is 2.57. The molecule has 0 fully saturated rings. The monoisotopic (exact) mass is 239 g/mol. The van der Waals surface area contributed by atoms with Crippen LogP contribution in [-0.2, 0) is 6.42 Å². The van der Waals surface area contributed by atoms with E-state index < -0.39 is 0 Å². The molecule has 18 heavy (non-hydrogen) atoms. The minimum Gasteiger partial charge on any atom is -0.537 e. The standard InChI is InChI=1S/C14H12BO3/c16-14(12-4-2-1-3-5-12)10-11-6-8-13(9-7-11)18-15-17/h1-9,17H,10H2. The van der Waals surface area contributed by atoms with Gasteiger partial charge < -0.3 is 9.68 Å². The number of carbonyl (C=O) groups is 1. The lowest BCUT2D eigenvalue weighted by Gasteiger charge is -2.04. The molecule has 1 radical (unpaired) electrons. The van der Waals surface area contributed by atoms with Crippen LogP contribution in [0, 0.1) is 0 Å². The number of carbonyl (C=O) groups excluding carboxylic acids is 1. The molecular weight excluding hydrogens is 227 g/mol. The molecular formula is C14H12BO3. The largest absolute Gasteiger partial charge is 0.569 e. The van der Waals surface area contributed by atoms with Crippen molar-refractivity contribution in [2.45, 2.75) is 6.42 Å². The second kappa shape index (κ2) is 6.03. The highest BCUT2D eigenvalue weighted by Crippen LogP contribution is 2.13. The molecule has 3 nitrogen and oxygen atoms in total. The Labute approximate surface area is 106 Å². The van der Waals surface area contributed by atoms with Gasteiger partial charge in [-0.25, -0.2) is 0 Å². The van der Waals surface area contributed by atoms with Crippen molar-refractivity contribution in [1.29, 1.82) is 0 Å². The Morgan fingerprint density at radius 2 is 1.72 bits per heavy atom. The highest BCUT2D eigenvalue weighted by atomic mass is 16.5. The molecule has 2 aromatic rings. The van der Waals surface area contributed by atoms with Gasteiger partial charge in [-0.1, -0.05) is 42.5 Å². The van der Waals surface area contributed by atoms with E-state index in [9.17, 15) is 4.79 Å². The zero-order valence-corrected chi connectivity index (χ0v) is 9.74. The van der Waals surface area contributed by atoms with E-state index in [1.165, 1.54) is 0 Å². The van der Waals surface area contributed by atoms with Gasteiger partial charge in [-0.2, -0.15) is 0 Å². The van der Waals surface area contributed by atoms with E-state index in [0.29, 0.717) is 25.4 Å². The van der Waals surface area contributed by atoms with Crippen LogP contribution in [0.1, 0.15) is 15.9 Å². The Morgan fingerprint density at radius 1 is 1.06 bits per heavy atom. The molecule has 0 unspecified atom stereocenters. The van der Waals surface area contributed by atoms with Gasteiger partial charge >= 0.3 is 7.69 Å². The molecule has 89 valence electrons. The number of benzene rings is 2. The molecule has 0 spiro atoms. The van der Waals surface area contributed by atoms with E-state index in [0.717, 1.165) is 5.56 Å². The third-order valence-electron chi connectivity index (χ3n) is 2.57. The zero-order chi connectivity index (χ0) is 12.8. The van der Waals surface area contributed by atoms with Crippen molar-refractivity contribution in [2.24, 2.45) is 0 Å². The Morgan fingerprint density at radius 3 is 2.33 bits per heavy atom. The molecule has 0 aliphatic carbocycles. The lowest BCUT2D eigenvalue weighted by molar-refractivity contribution is 0.0993. The van der Waals surface area contributed by atoms with E-state index >= 15 is 0 Å². The SMILES string of the molecule is O=C(Cc1ccc(O[B]O)cc1)c1ccccc1. The number of hydrogen-bond acceptors (Lipinski definition) is 3. The number of Topliss-reactive ketones (excluding diaryl/α,β-unsaturated/α-hetero) is 1. The van der Waals surface area contributed by atoms with E-state index in [2.05, 4.69) is 0 Å². The summed E-state index contributed by atoms with van der Waals surface area (Å²) in [5.74, 6) is 0.617. The summed E-state index contributed by atoms with van der Waals surface area (Å²) in [7, 11) is 0.629. The van der Waals surface area contributed by atoms with Crippen LogP contribution in [0.2, 0.25) is 0 Å².